The largest absolute Gasteiger partial charge is 0.313 e. The van der Waals surface area contributed by atoms with Crippen molar-refractivity contribution in [3.8, 4) is 0 Å². The van der Waals surface area contributed by atoms with Crippen LogP contribution in [0.2, 0.25) is 0 Å². The van der Waals surface area contributed by atoms with Crippen molar-refractivity contribution in [2.75, 3.05) is 14.1 Å². The van der Waals surface area contributed by atoms with Crippen molar-refractivity contribution in [2.24, 2.45) is 5.92 Å². The molecule has 1 atom stereocenters. The van der Waals surface area contributed by atoms with Crippen LogP contribution in [0.1, 0.15) is 214 Å². The van der Waals surface area contributed by atoms with E-state index in [-0.39, 0.29) is 0 Å². The predicted octanol–water partition coefficient (Wildman–Crippen LogP) is 13.5. The van der Waals surface area contributed by atoms with E-state index in [2.05, 4.69) is 53.9 Å². The van der Waals surface area contributed by atoms with Crippen LogP contribution in [-0.4, -0.2) is 30.5 Å². The van der Waals surface area contributed by atoms with Gasteiger partial charge in [0, 0.05) is 0 Å². The number of rotatable bonds is 32. The second kappa shape index (κ2) is 30.4. The van der Waals surface area contributed by atoms with Crippen LogP contribution in [0.4, 0.5) is 0 Å². The highest BCUT2D eigenvalue weighted by molar-refractivity contribution is 5.68. The Morgan fingerprint density at radius 2 is 0.905 bits per heavy atom. The van der Waals surface area contributed by atoms with Crippen LogP contribution < -0.4 is 0 Å². The minimum Gasteiger partial charge on any atom is -0.263 e. The first-order chi connectivity index (χ1) is 20.4. The molecule has 42 heavy (non-hydrogen) atoms. The summed E-state index contributed by atoms with van der Waals surface area (Å²) < 4.78 is 0.595. The smallest absolute Gasteiger partial charge is 0.263 e. The van der Waals surface area contributed by atoms with E-state index in [4.69, 9.17) is 0 Å². The number of amides is 1. The number of carbonyl (C=O) groups excluding carboxylic acids is 1. The zero-order chi connectivity index (χ0) is 31.2. The van der Waals surface area contributed by atoms with Crippen LogP contribution in [-0.2, 0) is 4.79 Å². The highest BCUT2D eigenvalue weighted by Gasteiger charge is 2.33. The monoisotopic (exact) mass is 591 g/mol. The summed E-state index contributed by atoms with van der Waals surface area (Å²) in [7, 11) is 4.36. The van der Waals surface area contributed by atoms with E-state index in [1.807, 2.05) is 0 Å². The van der Waals surface area contributed by atoms with Gasteiger partial charge in [-0.1, -0.05) is 168 Å². The lowest BCUT2D eigenvalue weighted by Crippen LogP contribution is -2.53. The molecule has 0 rings (SSSR count). The van der Waals surface area contributed by atoms with Gasteiger partial charge in [0.25, 0.3) is 0 Å². The van der Waals surface area contributed by atoms with Gasteiger partial charge in [0.15, 0.2) is 0 Å². The van der Waals surface area contributed by atoms with Crippen molar-refractivity contribution in [3.05, 3.63) is 12.2 Å². The average Bonchev–Trinajstić information content (AvgIpc) is 2.96. The predicted molar refractivity (Wildman–Crippen MR) is 190 cm³/mol. The molecular formula is C40H80NO+. The number of hydrogen-bond acceptors (Lipinski definition) is 1. The van der Waals surface area contributed by atoms with Gasteiger partial charge in [-0.05, 0) is 57.3 Å². The summed E-state index contributed by atoms with van der Waals surface area (Å²) in [6.07, 6.45) is 43.2. The highest BCUT2D eigenvalue weighted by Crippen LogP contribution is 2.22. The molecular weight excluding hydrogens is 510 g/mol. The lowest BCUT2D eigenvalue weighted by Gasteiger charge is -2.35. The fourth-order valence-corrected chi connectivity index (χ4v) is 6.52. The van der Waals surface area contributed by atoms with E-state index in [1.165, 1.54) is 167 Å². The molecule has 0 fully saturated rings. The first-order valence-corrected chi connectivity index (χ1v) is 19.4. The molecule has 0 aromatic rings. The Hall–Kier alpha value is -0.630. The van der Waals surface area contributed by atoms with Gasteiger partial charge in [-0.15, -0.1) is 0 Å². The Balaban J connectivity index is 3.72. The molecule has 0 bridgehead atoms. The van der Waals surface area contributed by atoms with Gasteiger partial charge in [0.1, 0.15) is 0 Å². The molecule has 0 aliphatic heterocycles. The molecule has 0 aliphatic rings. The summed E-state index contributed by atoms with van der Waals surface area (Å²) in [6, 6.07) is 0.488. The topological polar surface area (TPSA) is 17.1 Å². The number of nitrogens with zero attached hydrogens (tertiary/aromatic N) is 1. The summed E-state index contributed by atoms with van der Waals surface area (Å²) in [5.74, 6) is 1.32. The molecule has 1 unspecified atom stereocenters. The Morgan fingerprint density at radius 3 is 1.33 bits per heavy atom. The highest BCUT2D eigenvalue weighted by atomic mass is 16.2. The van der Waals surface area contributed by atoms with Gasteiger partial charge in [0.2, 0.25) is 0 Å². The molecule has 0 saturated carbocycles. The minimum atomic E-state index is 0.458. The molecule has 2 nitrogen and oxygen atoms in total. The first-order valence-electron chi connectivity index (χ1n) is 19.4. The molecule has 0 radical (unpaired) electrons. The minimum absolute atomic E-state index is 0.458. The van der Waals surface area contributed by atoms with Crippen molar-refractivity contribution in [3.63, 3.8) is 0 Å². The van der Waals surface area contributed by atoms with E-state index in [0.717, 1.165) is 25.2 Å². The van der Waals surface area contributed by atoms with Gasteiger partial charge in [0.05, 0.1) is 26.6 Å². The summed E-state index contributed by atoms with van der Waals surface area (Å²) in [4.78, 5) is 13.1. The number of hydrogen-bond donors (Lipinski definition) is 0. The van der Waals surface area contributed by atoms with Gasteiger partial charge >= 0.3 is 5.91 Å². The van der Waals surface area contributed by atoms with Crippen LogP contribution >= 0.6 is 0 Å². The van der Waals surface area contributed by atoms with Crippen molar-refractivity contribution in [1.29, 1.82) is 0 Å². The molecule has 250 valence electrons. The van der Waals surface area contributed by atoms with Gasteiger partial charge < -0.3 is 0 Å². The molecule has 0 saturated heterocycles. The SMILES string of the molecule is CCCCCCCCCCCCCCCC(CC)[N+](C)(C)C(=O)CCCCCCC/C=C\CCCCCCCC(C)C. The van der Waals surface area contributed by atoms with E-state index in [0.29, 0.717) is 16.4 Å². The number of carbonyl (C=O) groups is 1. The molecule has 0 aliphatic carbocycles. The zero-order valence-corrected chi connectivity index (χ0v) is 30.2. The Labute approximate surface area is 266 Å². The fraction of sp³-hybridized carbons (Fsp3) is 0.925. The Kier molecular flexibility index (Phi) is 29.9. The maximum atomic E-state index is 13.1. The van der Waals surface area contributed by atoms with Crippen LogP contribution in [0.15, 0.2) is 12.2 Å². The third-order valence-electron chi connectivity index (χ3n) is 9.75. The van der Waals surface area contributed by atoms with Gasteiger partial charge in [-0.2, -0.15) is 0 Å². The number of quaternary nitrogens is 1. The molecule has 0 N–H and O–H groups in total. The van der Waals surface area contributed by atoms with Crippen molar-refractivity contribution >= 4 is 5.91 Å². The Morgan fingerprint density at radius 1 is 0.524 bits per heavy atom. The zero-order valence-electron chi connectivity index (χ0n) is 30.2. The molecule has 0 aromatic heterocycles. The van der Waals surface area contributed by atoms with Crippen molar-refractivity contribution in [2.45, 2.75) is 220 Å². The van der Waals surface area contributed by atoms with Gasteiger partial charge in [-0.3, -0.25) is 4.48 Å². The maximum absolute atomic E-state index is 13.1. The lowest BCUT2D eigenvalue weighted by atomic mass is 10.00. The molecule has 1 amide bonds. The quantitative estimate of drug-likeness (QED) is 0.0432. The van der Waals surface area contributed by atoms with Crippen LogP contribution in [0.5, 0.6) is 0 Å². The normalized spacial score (nSPS) is 13.0. The third-order valence-corrected chi connectivity index (χ3v) is 9.75. The van der Waals surface area contributed by atoms with Crippen molar-refractivity contribution < 1.29 is 9.28 Å². The molecule has 0 heterocycles. The Bertz CT molecular complexity index is 592. The second-order valence-corrected chi connectivity index (χ2v) is 14.5. The van der Waals surface area contributed by atoms with Gasteiger partial charge in [-0.25, -0.2) is 4.79 Å². The number of allylic oxidation sites excluding steroid dienone is 2. The maximum Gasteiger partial charge on any atom is 0.313 e. The van der Waals surface area contributed by atoms with Crippen LogP contribution in [0, 0.1) is 5.92 Å². The second-order valence-electron chi connectivity index (χ2n) is 14.5. The molecule has 0 aromatic carbocycles. The first kappa shape index (κ1) is 41.4. The van der Waals surface area contributed by atoms with Crippen molar-refractivity contribution in [1.82, 2.24) is 0 Å². The lowest BCUT2D eigenvalue weighted by molar-refractivity contribution is -0.841. The van der Waals surface area contributed by atoms with E-state index < -0.39 is 0 Å². The van der Waals surface area contributed by atoms with Crippen LogP contribution in [0.25, 0.3) is 0 Å². The van der Waals surface area contributed by atoms with E-state index in [1.54, 1.807) is 0 Å². The standard InChI is InChI=1S/C40H80NO/c1-7-9-10-11-12-13-14-17-21-24-27-30-33-36-39(8-2)41(5,6)40(42)37-34-31-28-25-22-19-16-15-18-20-23-26-29-32-35-38(3)4/h15-16,38-39H,7-14,17-37H2,1-6H3/q+1/b16-15-. The summed E-state index contributed by atoms with van der Waals surface area (Å²) in [6.45, 7) is 9.24. The average molecular weight is 591 g/mol. The summed E-state index contributed by atoms with van der Waals surface area (Å²) in [5, 5.41) is 0. The molecule has 0 spiro atoms. The fourth-order valence-electron chi connectivity index (χ4n) is 6.52. The van der Waals surface area contributed by atoms with Crippen LogP contribution in [0.3, 0.4) is 0 Å². The molecule has 2 heteroatoms. The number of unbranched alkanes of at least 4 members (excludes halogenated alkanes) is 22. The summed E-state index contributed by atoms with van der Waals surface area (Å²) >= 11 is 0. The van der Waals surface area contributed by atoms with E-state index >= 15 is 0 Å². The summed E-state index contributed by atoms with van der Waals surface area (Å²) in [5.41, 5.74) is 0. The third kappa shape index (κ3) is 25.8. The van der Waals surface area contributed by atoms with E-state index in [9.17, 15) is 4.79 Å².